The molecule has 0 saturated heterocycles. The highest BCUT2D eigenvalue weighted by molar-refractivity contribution is 7.10. The highest BCUT2D eigenvalue weighted by atomic mass is 32.1. The topological polar surface area (TPSA) is 98.5 Å². The SMILES string of the molecule is Cc1ccc(C(=O)OCC(=O)N[C@H](c2ccccc2)c2cccs2)cc1[N+](=O)[O-]. The van der Waals surface area contributed by atoms with E-state index < -0.39 is 23.4 Å². The van der Waals surface area contributed by atoms with Gasteiger partial charge in [0.1, 0.15) is 0 Å². The molecule has 0 aliphatic rings. The van der Waals surface area contributed by atoms with Crippen molar-refractivity contribution in [2.45, 2.75) is 13.0 Å². The fourth-order valence-electron chi connectivity index (χ4n) is 2.77. The van der Waals surface area contributed by atoms with Gasteiger partial charge in [-0.25, -0.2) is 4.79 Å². The molecule has 0 spiro atoms. The molecule has 3 rings (SSSR count). The van der Waals surface area contributed by atoms with Crippen LogP contribution >= 0.6 is 11.3 Å². The summed E-state index contributed by atoms with van der Waals surface area (Å²) in [5, 5.41) is 15.8. The Morgan fingerprint density at radius 2 is 1.90 bits per heavy atom. The molecule has 0 bridgehead atoms. The Labute approximate surface area is 171 Å². The summed E-state index contributed by atoms with van der Waals surface area (Å²) in [4.78, 5) is 36.0. The van der Waals surface area contributed by atoms with Gasteiger partial charge in [-0.2, -0.15) is 0 Å². The lowest BCUT2D eigenvalue weighted by atomic mass is 10.1. The van der Waals surface area contributed by atoms with Crippen LogP contribution in [0.5, 0.6) is 0 Å². The summed E-state index contributed by atoms with van der Waals surface area (Å²) < 4.78 is 5.05. The Bertz CT molecular complexity index is 1020. The lowest BCUT2D eigenvalue weighted by Gasteiger charge is -2.18. The molecular formula is C21H18N2O5S. The quantitative estimate of drug-likeness (QED) is 0.360. The van der Waals surface area contributed by atoms with Crippen molar-refractivity contribution in [3.63, 3.8) is 0 Å². The monoisotopic (exact) mass is 410 g/mol. The van der Waals surface area contributed by atoms with Gasteiger partial charge in [-0.3, -0.25) is 14.9 Å². The molecule has 3 aromatic rings. The fourth-order valence-corrected chi connectivity index (χ4v) is 3.57. The second kappa shape index (κ2) is 9.11. The summed E-state index contributed by atoms with van der Waals surface area (Å²) >= 11 is 1.51. The van der Waals surface area contributed by atoms with E-state index in [1.54, 1.807) is 6.92 Å². The molecule has 0 aliphatic heterocycles. The summed E-state index contributed by atoms with van der Waals surface area (Å²) in [6.45, 7) is 1.09. The molecular weight excluding hydrogens is 392 g/mol. The third-order valence-electron chi connectivity index (χ3n) is 4.24. The van der Waals surface area contributed by atoms with Gasteiger partial charge in [-0.1, -0.05) is 42.5 Å². The number of hydrogen-bond acceptors (Lipinski definition) is 6. The molecule has 7 nitrogen and oxygen atoms in total. The highest BCUT2D eigenvalue weighted by Gasteiger charge is 2.20. The largest absolute Gasteiger partial charge is 0.452 e. The van der Waals surface area contributed by atoms with Crippen LogP contribution in [0.4, 0.5) is 5.69 Å². The predicted molar refractivity (Wildman–Crippen MR) is 109 cm³/mol. The zero-order valence-corrected chi connectivity index (χ0v) is 16.3. The zero-order chi connectivity index (χ0) is 20.8. The van der Waals surface area contributed by atoms with Crippen LogP contribution in [0.3, 0.4) is 0 Å². The molecule has 148 valence electrons. The number of nitrogens with zero attached hydrogens (tertiary/aromatic N) is 1. The molecule has 1 heterocycles. The number of hydrogen-bond donors (Lipinski definition) is 1. The minimum Gasteiger partial charge on any atom is -0.452 e. The highest BCUT2D eigenvalue weighted by Crippen LogP contribution is 2.26. The number of nitro groups is 1. The van der Waals surface area contributed by atoms with Crippen molar-refractivity contribution in [3.8, 4) is 0 Å². The molecule has 2 aromatic carbocycles. The molecule has 0 unspecified atom stereocenters. The normalized spacial score (nSPS) is 11.5. The molecule has 0 saturated carbocycles. The number of rotatable bonds is 7. The first-order valence-corrected chi connectivity index (χ1v) is 9.63. The van der Waals surface area contributed by atoms with Gasteiger partial charge in [0, 0.05) is 16.5 Å². The first-order valence-electron chi connectivity index (χ1n) is 8.75. The van der Waals surface area contributed by atoms with E-state index in [2.05, 4.69) is 5.32 Å². The van der Waals surface area contributed by atoms with Crippen LogP contribution in [-0.4, -0.2) is 23.4 Å². The van der Waals surface area contributed by atoms with Crippen molar-refractivity contribution < 1.29 is 19.2 Å². The summed E-state index contributed by atoms with van der Waals surface area (Å²) in [6, 6.07) is 17.0. The van der Waals surface area contributed by atoms with E-state index in [1.807, 2.05) is 47.8 Å². The third kappa shape index (κ3) is 5.05. The number of carbonyl (C=O) groups is 2. The molecule has 1 amide bonds. The lowest BCUT2D eigenvalue weighted by molar-refractivity contribution is -0.385. The fraction of sp³-hybridized carbons (Fsp3) is 0.143. The molecule has 0 fully saturated rings. The molecule has 0 radical (unpaired) electrons. The number of aryl methyl sites for hydroxylation is 1. The maximum atomic E-state index is 12.4. The van der Waals surface area contributed by atoms with Crippen LogP contribution in [0.15, 0.2) is 66.0 Å². The summed E-state index contributed by atoms with van der Waals surface area (Å²) in [6.07, 6.45) is 0. The number of carbonyl (C=O) groups excluding carboxylic acids is 2. The van der Waals surface area contributed by atoms with E-state index in [-0.39, 0.29) is 17.3 Å². The van der Waals surface area contributed by atoms with Crippen molar-refractivity contribution in [3.05, 3.63) is 97.7 Å². The molecule has 1 aromatic heterocycles. The number of benzene rings is 2. The maximum absolute atomic E-state index is 12.4. The lowest BCUT2D eigenvalue weighted by Crippen LogP contribution is -2.32. The predicted octanol–water partition coefficient (Wildman–Crippen LogP) is 4.03. The first-order chi connectivity index (χ1) is 14.0. The number of ether oxygens (including phenoxy) is 1. The number of esters is 1. The minimum absolute atomic E-state index is 0.0213. The van der Waals surface area contributed by atoms with E-state index in [9.17, 15) is 19.7 Å². The van der Waals surface area contributed by atoms with Gasteiger partial charge < -0.3 is 10.1 Å². The Morgan fingerprint density at radius 1 is 1.14 bits per heavy atom. The van der Waals surface area contributed by atoms with Crippen molar-refractivity contribution >= 4 is 28.9 Å². The Morgan fingerprint density at radius 3 is 2.55 bits per heavy atom. The van der Waals surface area contributed by atoms with Crippen LogP contribution in [0.1, 0.15) is 32.4 Å². The number of nitro benzene ring substituents is 1. The van der Waals surface area contributed by atoms with Crippen molar-refractivity contribution in [2.24, 2.45) is 0 Å². The second-order valence-corrected chi connectivity index (χ2v) is 7.24. The zero-order valence-electron chi connectivity index (χ0n) is 15.5. The van der Waals surface area contributed by atoms with Gasteiger partial charge in [-0.05, 0) is 30.0 Å². The van der Waals surface area contributed by atoms with Crippen LogP contribution in [0, 0.1) is 17.0 Å². The van der Waals surface area contributed by atoms with Gasteiger partial charge in [0.25, 0.3) is 11.6 Å². The van der Waals surface area contributed by atoms with Crippen LogP contribution in [0.25, 0.3) is 0 Å². The summed E-state index contributed by atoms with van der Waals surface area (Å²) in [5.74, 6) is -1.27. The third-order valence-corrected chi connectivity index (χ3v) is 5.18. The molecule has 1 atom stereocenters. The van der Waals surface area contributed by atoms with Crippen molar-refractivity contribution in [1.29, 1.82) is 0 Å². The first kappa shape index (κ1) is 20.2. The molecule has 1 N–H and O–H groups in total. The van der Waals surface area contributed by atoms with Gasteiger partial charge in [0.05, 0.1) is 16.5 Å². The summed E-state index contributed by atoms with van der Waals surface area (Å²) in [5.41, 5.74) is 1.19. The van der Waals surface area contributed by atoms with Gasteiger partial charge in [0.2, 0.25) is 0 Å². The summed E-state index contributed by atoms with van der Waals surface area (Å²) in [7, 11) is 0. The Hall–Kier alpha value is -3.52. The van der Waals surface area contributed by atoms with E-state index >= 15 is 0 Å². The smallest absolute Gasteiger partial charge is 0.338 e. The van der Waals surface area contributed by atoms with Gasteiger partial charge in [-0.15, -0.1) is 11.3 Å². The standard InChI is InChI=1S/C21H18N2O5S/c1-14-9-10-16(12-17(14)23(26)27)21(25)28-13-19(24)22-20(18-8-5-11-29-18)15-6-3-2-4-7-15/h2-12,20H,13H2,1H3,(H,22,24)/t20-/m1/s1. The van der Waals surface area contributed by atoms with E-state index in [4.69, 9.17) is 4.74 Å². The van der Waals surface area contributed by atoms with Crippen LogP contribution < -0.4 is 5.32 Å². The van der Waals surface area contributed by atoms with E-state index in [1.165, 1.54) is 23.5 Å². The molecule has 0 aliphatic carbocycles. The van der Waals surface area contributed by atoms with Crippen LogP contribution in [0.2, 0.25) is 0 Å². The molecule has 8 heteroatoms. The van der Waals surface area contributed by atoms with Gasteiger partial charge >= 0.3 is 5.97 Å². The minimum atomic E-state index is -0.796. The Balaban J connectivity index is 1.66. The molecule has 29 heavy (non-hydrogen) atoms. The maximum Gasteiger partial charge on any atom is 0.338 e. The average molecular weight is 410 g/mol. The number of amides is 1. The average Bonchev–Trinajstić information content (AvgIpc) is 3.25. The van der Waals surface area contributed by atoms with Gasteiger partial charge in [0.15, 0.2) is 6.61 Å². The number of nitrogens with one attached hydrogen (secondary N) is 1. The van der Waals surface area contributed by atoms with E-state index in [0.29, 0.717) is 5.56 Å². The number of thiophene rings is 1. The second-order valence-electron chi connectivity index (χ2n) is 6.26. The Kier molecular flexibility index (Phi) is 6.36. The van der Waals surface area contributed by atoms with Crippen molar-refractivity contribution in [1.82, 2.24) is 5.32 Å². The van der Waals surface area contributed by atoms with Crippen LogP contribution in [-0.2, 0) is 9.53 Å². The van der Waals surface area contributed by atoms with Crippen molar-refractivity contribution in [2.75, 3.05) is 6.61 Å². The van der Waals surface area contributed by atoms with E-state index in [0.717, 1.165) is 16.5 Å².